The predicted octanol–water partition coefficient (Wildman–Crippen LogP) is 20.2. The number of rotatable bonds is 6. The van der Waals surface area contributed by atoms with Gasteiger partial charge in [0.25, 0.3) is 0 Å². The summed E-state index contributed by atoms with van der Waals surface area (Å²) in [6, 6.07) is 21.0. The summed E-state index contributed by atoms with van der Waals surface area (Å²) >= 11 is 0. The van der Waals surface area contributed by atoms with E-state index in [1.165, 1.54) is 75.8 Å². The molecule has 3 nitrogen and oxygen atoms in total. The number of carbonyl (C=O) groups is 1. The SMILES string of the molecule is CC(C)(C)OC(=O)C(NC(c1ccccc1)c1ccccc1)C12c3c4c5c6c7c8c(c9c%10c1c1c3c3c%11c4c4c5c5c7c7c%12c8c8c9c9c%10c%10c1c1c3c3c%11c%11c4c4c5c7c5c7c%12c8c8c9c9c%10c1c1c3c3c%11c4c5c4c7c8c9c1c34)C62. The summed E-state index contributed by atoms with van der Waals surface area (Å²) in [7, 11) is 0. The van der Waals surface area contributed by atoms with Crippen LogP contribution in [-0.4, -0.2) is 17.6 Å². The van der Waals surface area contributed by atoms with Crippen LogP contribution in [0.15, 0.2) is 60.7 Å². The monoisotopic (exact) mass is 1020 g/mol. The fraction of sp³-hybridized carbons (Fsp3) is 0.101. The van der Waals surface area contributed by atoms with Crippen molar-refractivity contribution in [1.82, 2.24) is 5.32 Å². The minimum absolute atomic E-state index is 0.129. The molecule has 0 spiro atoms. The van der Waals surface area contributed by atoms with E-state index in [-0.39, 0.29) is 17.9 Å². The van der Waals surface area contributed by atoms with Gasteiger partial charge in [0.2, 0.25) is 0 Å². The summed E-state index contributed by atoms with van der Waals surface area (Å²) in [6.07, 6.45) is 0. The summed E-state index contributed by atoms with van der Waals surface area (Å²) in [5, 5.41) is 88.9. The Labute approximate surface area is 452 Å². The van der Waals surface area contributed by atoms with E-state index in [0.717, 1.165) is 11.1 Å². The normalized spacial score (nSPS) is 20.0. The van der Waals surface area contributed by atoms with E-state index < -0.39 is 17.1 Å². The minimum Gasteiger partial charge on any atom is -0.459 e. The van der Waals surface area contributed by atoms with Crippen LogP contribution in [0.2, 0.25) is 0 Å². The third kappa shape index (κ3) is 2.12. The van der Waals surface area contributed by atoms with Gasteiger partial charge in [-0.15, -0.1) is 0 Å². The quantitative estimate of drug-likeness (QED) is 0.133. The van der Waals surface area contributed by atoms with Gasteiger partial charge in [0.05, 0.1) is 11.5 Å². The van der Waals surface area contributed by atoms with Gasteiger partial charge in [-0.05, 0) is 345 Å². The number of benzene rings is 20. The Morgan fingerprint density at radius 1 is 0.329 bits per heavy atom. The Morgan fingerprint density at radius 2 is 0.537 bits per heavy atom. The van der Waals surface area contributed by atoms with Crippen molar-refractivity contribution in [2.24, 2.45) is 0 Å². The maximum Gasteiger partial charge on any atom is 0.325 e. The third-order valence-corrected chi connectivity index (χ3v) is 26.9. The van der Waals surface area contributed by atoms with E-state index in [2.05, 4.69) is 86.8 Å². The van der Waals surface area contributed by atoms with Crippen LogP contribution in [-0.2, 0) is 14.9 Å². The zero-order valence-corrected chi connectivity index (χ0v) is 43.3. The van der Waals surface area contributed by atoms with Gasteiger partial charge in [-0.3, -0.25) is 10.1 Å². The molecule has 3 heteroatoms. The first kappa shape index (κ1) is 33.8. The molecule has 4 aliphatic rings. The molecule has 0 fully saturated rings. The first-order chi connectivity index (χ1) is 40.4. The van der Waals surface area contributed by atoms with Gasteiger partial charge < -0.3 is 4.74 Å². The summed E-state index contributed by atoms with van der Waals surface area (Å²) in [5.74, 6) is -0.267. The number of ether oxygens (including phenoxy) is 1. The highest BCUT2D eigenvalue weighted by atomic mass is 16.6. The van der Waals surface area contributed by atoms with Crippen molar-refractivity contribution in [3.63, 3.8) is 0 Å². The lowest BCUT2D eigenvalue weighted by Gasteiger charge is -2.50. The van der Waals surface area contributed by atoms with Crippen molar-refractivity contribution >= 4 is 297 Å². The van der Waals surface area contributed by atoms with Crippen LogP contribution in [0.5, 0.6) is 0 Å². The van der Waals surface area contributed by atoms with Crippen LogP contribution < -0.4 is 5.32 Å². The maximum atomic E-state index is 17.3. The molecule has 356 valence electrons. The third-order valence-electron chi connectivity index (χ3n) is 26.9. The smallest absolute Gasteiger partial charge is 0.325 e. The highest BCUT2D eigenvalue weighted by Crippen LogP contribution is 2.84. The zero-order valence-electron chi connectivity index (χ0n) is 43.3. The van der Waals surface area contributed by atoms with Crippen molar-refractivity contribution in [3.8, 4) is 0 Å². The van der Waals surface area contributed by atoms with Crippen LogP contribution in [0.25, 0.3) is 291 Å². The molecule has 0 saturated carbocycles. The van der Waals surface area contributed by atoms with Gasteiger partial charge in [0.1, 0.15) is 11.6 Å². The van der Waals surface area contributed by atoms with Gasteiger partial charge in [-0.25, -0.2) is 0 Å². The summed E-state index contributed by atoms with van der Waals surface area (Å²) in [5.41, 5.74) is 6.69. The maximum absolute atomic E-state index is 17.3. The number of hydrogen-bond donors (Lipinski definition) is 1. The molecular weight excluding hydrogens is 995 g/mol. The van der Waals surface area contributed by atoms with Crippen molar-refractivity contribution in [2.45, 2.75) is 49.8 Å². The van der Waals surface area contributed by atoms with Gasteiger partial charge in [-0.2, -0.15) is 0 Å². The predicted molar refractivity (Wildman–Crippen MR) is 342 cm³/mol. The molecule has 4 aliphatic carbocycles. The largest absolute Gasteiger partial charge is 0.459 e. The molecule has 0 saturated heterocycles. The van der Waals surface area contributed by atoms with E-state index in [1.54, 1.807) is 237 Å². The molecule has 0 aromatic heterocycles. The highest BCUT2D eigenvalue weighted by molar-refractivity contribution is 6.82. The second-order valence-corrected chi connectivity index (χ2v) is 29.5. The average Bonchev–Trinajstić information content (AvgIpc) is 1.40. The number of esters is 1. The fourth-order valence-electron chi connectivity index (χ4n) is 26.3. The van der Waals surface area contributed by atoms with E-state index in [9.17, 15) is 0 Å². The Bertz CT molecular complexity index is 7700. The van der Waals surface area contributed by atoms with E-state index in [1.807, 2.05) is 0 Å². The fourth-order valence-corrected chi connectivity index (χ4v) is 26.3. The van der Waals surface area contributed by atoms with Crippen molar-refractivity contribution < 1.29 is 9.53 Å². The lowest BCUT2D eigenvalue weighted by molar-refractivity contribution is -0.159. The molecule has 0 amide bonds. The molecule has 1 atom stereocenters. The molecule has 0 radical (unpaired) electrons. The minimum atomic E-state index is -0.879. The average molecular weight is 1020 g/mol. The zero-order chi connectivity index (χ0) is 50.4. The van der Waals surface area contributed by atoms with Crippen molar-refractivity contribution in [2.75, 3.05) is 0 Å². The number of hydrogen-bond acceptors (Lipinski definition) is 3. The summed E-state index contributed by atoms with van der Waals surface area (Å²) < 4.78 is 7.22. The molecule has 1 N–H and O–H groups in total. The van der Waals surface area contributed by atoms with Crippen LogP contribution in [0.3, 0.4) is 0 Å². The van der Waals surface area contributed by atoms with Crippen LogP contribution in [0, 0.1) is 0 Å². The molecule has 34 rings (SSSR count). The van der Waals surface area contributed by atoms with Crippen molar-refractivity contribution in [1.29, 1.82) is 0 Å². The number of carbonyl (C=O) groups excluding carboxylic acids is 1. The molecule has 0 heterocycles. The number of nitrogens with one attached hydrogen (secondary N) is 1. The van der Waals surface area contributed by atoms with Crippen molar-refractivity contribution in [3.05, 3.63) is 94.0 Å². The Balaban J connectivity index is 1.00. The van der Waals surface area contributed by atoms with Crippen LogP contribution in [0.4, 0.5) is 0 Å². The Kier molecular flexibility index (Phi) is 3.42. The molecule has 30 aromatic carbocycles. The lowest BCUT2D eigenvalue weighted by Crippen LogP contribution is -2.59. The Hall–Kier alpha value is -9.67. The van der Waals surface area contributed by atoms with Gasteiger partial charge in [-0.1, -0.05) is 60.7 Å². The van der Waals surface area contributed by atoms with Gasteiger partial charge in [0.15, 0.2) is 0 Å². The molecule has 0 bridgehead atoms. The van der Waals surface area contributed by atoms with Crippen LogP contribution in [0.1, 0.15) is 66.1 Å². The lowest BCUT2D eigenvalue weighted by atomic mass is 9.54. The Morgan fingerprint density at radius 3 is 0.780 bits per heavy atom. The highest BCUT2D eigenvalue weighted by Gasteiger charge is 2.67. The molecule has 82 heavy (non-hydrogen) atoms. The van der Waals surface area contributed by atoms with E-state index in [4.69, 9.17) is 4.74 Å². The molecule has 30 aromatic rings. The molecule has 1 unspecified atom stereocenters. The molecule has 0 aliphatic heterocycles. The standard InChI is InChI=1S/C79H23NO2/c1-78(2,3)82-77(81)76(80-75(14-10-6-4-7-11-14)15-12-8-5-9-13-15)79-72-68-62-48-40-32-20-17-16-18-21(20)33-35-31-25(18)27-23-19(16)22-26-24(17)30-34(32)46(48)54-52-38(30)36(26)44-42-28(22)29(23)43-45-37(27)39(31)53-55-47(35)49(41(33)40)63(62)69(72)65(55)67-59(53)57(45)61-51(43)50(42)60-56(44)58(52)66(64(54)68)73(79)70(60)71(61)74(67)79/h4-13,72,75-76,80H,1-3H3. The first-order valence-electron chi connectivity index (χ1n) is 30.3. The second kappa shape index (κ2) is 8.29. The summed E-state index contributed by atoms with van der Waals surface area (Å²) in [4.78, 5) is 17.3. The summed E-state index contributed by atoms with van der Waals surface area (Å²) in [6.45, 7) is 6.29. The first-order valence-corrected chi connectivity index (χ1v) is 30.3. The van der Waals surface area contributed by atoms with E-state index in [0.29, 0.717) is 0 Å². The van der Waals surface area contributed by atoms with Gasteiger partial charge in [0, 0.05) is 5.92 Å². The van der Waals surface area contributed by atoms with Gasteiger partial charge >= 0.3 is 5.97 Å². The van der Waals surface area contributed by atoms with E-state index >= 15 is 4.79 Å². The topological polar surface area (TPSA) is 38.3 Å². The molecular formula is C79H23NO2. The second-order valence-electron chi connectivity index (χ2n) is 29.5. The van der Waals surface area contributed by atoms with Crippen LogP contribution >= 0.6 is 0 Å².